The zero-order chi connectivity index (χ0) is 24.2. The molecule has 0 bridgehead atoms. The van der Waals surface area contributed by atoms with Crippen LogP contribution in [0.3, 0.4) is 0 Å². The van der Waals surface area contributed by atoms with Crippen molar-refractivity contribution in [2.75, 3.05) is 0 Å². The first-order chi connectivity index (χ1) is 15.3. The Balaban J connectivity index is 1.57. The van der Waals surface area contributed by atoms with Crippen LogP contribution in [0.1, 0.15) is 106 Å². The van der Waals surface area contributed by atoms with Crippen molar-refractivity contribution in [1.82, 2.24) is 0 Å². The topological polar surface area (TPSA) is 57.5 Å². The molecule has 5 unspecified atom stereocenters. The van der Waals surface area contributed by atoms with Gasteiger partial charge in [-0.05, 0) is 122 Å². The lowest BCUT2D eigenvalue weighted by Crippen LogP contribution is -2.67. The molecule has 5 aliphatic carbocycles. The number of carbonyl (C=O) groups is 1. The maximum absolute atomic E-state index is 12.8. The zero-order valence-corrected chi connectivity index (χ0v) is 22.0. The third-order valence-corrected chi connectivity index (χ3v) is 13.5. The number of aliphatic carboxylic acids is 1. The van der Waals surface area contributed by atoms with Gasteiger partial charge >= 0.3 is 5.97 Å². The summed E-state index contributed by atoms with van der Waals surface area (Å²) >= 11 is 0. The van der Waals surface area contributed by atoms with Crippen molar-refractivity contribution < 1.29 is 15.0 Å². The fourth-order valence-corrected chi connectivity index (χ4v) is 11.5. The highest BCUT2D eigenvalue weighted by molar-refractivity contribution is 5.76. The van der Waals surface area contributed by atoms with Gasteiger partial charge in [-0.25, -0.2) is 0 Å². The summed E-state index contributed by atoms with van der Waals surface area (Å²) in [6.45, 7) is 18.8. The molecule has 5 rings (SSSR count). The number of rotatable bonds is 2. The smallest absolute Gasteiger partial charge is 0.309 e. The van der Waals surface area contributed by atoms with E-state index >= 15 is 0 Å². The molecule has 3 heteroatoms. The van der Waals surface area contributed by atoms with Gasteiger partial charge in [0.15, 0.2) is 0 Å². The van der Waals surface area contributed by atoms with Gasteiger partial charge in [-0.3, -0.25) is 4.79 Å². The molecule has 33 heavy (non-hydrogen) atoms. The van der Waals surface area contributed by atoms with Crippen molar-refractivity contribution in [3.05, 3.63) is 12.2 Å². The first kappa shape index (κ1) is 23.9. The number of hydrogen-bond donors (Lipinski definition) is 2. The van der Waals surface area contributed by atoms with Gasteiger partial charge in [-0.2, -0.15) is 0 Å². The first-order valence-corrected chi connectivity index (χ1v) is 13.8. The van der Waals surface area contributed by atoms with Crippen LogP contribution < -0.4 is 0 Å². The minimum Gasteiger partial charge on any atom is -0.481 e. The predicted octanol–water partition coefficient (Wildman–Crippen LogP) is 7.09. The molecule has 0 heterocycles. The largest absolute Gasteiger partial charge is 0.481 e. The zero-order valence-electron chi connectivity index (χ0n) is 22.0. The summed E-state index contributed by atoms with van der Waals surface area (Å²) in [4.78, 5) is 12.8. The lowest BCUT2D eigenvalue weighted by Gasteiger charge is -2.72. The number of carboxylic acid groups (broad SMARTS) is 1. The molecule has 0 amide bonds. The fourth-order valence-electron chi connectivity index (χ4n) is 11.5. The van der Waals surface area contributed by atoms with Gasteiger partial charge in [0.05, 0.1) is 11.5 Å². The molecule has 0 aromatic heterocycles. The van der Waals surface area contributed by atoms with Gasteiger partial charge in [-0.1, -0.05) is 46.8 Å². The Labute approximate surface area is 201 Å². The molecule has 10 atom stereocenters. The van der Waals surface area contributed by atoms with Crippen LogP contribution in [0.4, 0.5) is 0 Å². The summed E-state index contributed by atoms with van der Waals surface area (Å²) < 4.78 is 0. The second kappa shape index (κ2) is 7.11. The second-order valence-electron chi connectivity index (χ2n) is 14.5. The van der Waals surface area contributed by atoms with Crippen LogP contribution in [-0.2, 0) is 4.79 Å². The van der Waals surface area contributed by atoms with E-state index < -0.39 is 11.4 Å². The molecule has 2 N–H and O–H groups in total. The van der Waals surface area contributed by atoms with Crippen LogP contribution in [0.15, 0.2) is 12.2 Å². The third-order valence-electron chi connectivity index (χ3n) is 13.5. The van der Waals surface area contributed by atoms with Gasteiger partial charge in [0, 0.05) is 0 Å². The Kier molecular flexibility index (Phi) is 5.15. The van der Waals surface area contributed by atoms with Crippen molar-refractivity contribution in [1.29, 1.82) is 0 Å². The van der Waals surface area contributed by atoms with E-state index in [0.29, 0.717) is 23.7 Å². The molecule has 5 saturated carbocycles. The van der Waals surface area contributed by atoms with Crippen LogP contribution in [0.25, 0.3) is 0 Å². The normalized spacial score (nSPS) is 55.0. The summed E-state index contributed by atoms with van der Waals surface area (Å²) in [6, 6.07) is 0. The average Bonchev–Trinajstić information content (AvgIpc) is 3.13. The van der Waals surface area contributed by atoms with E-state index in [9.17, 15) is 15.0 Å². The Morgan fingerprint density at radius 1 is 0.818 bits per heavy atom. The van der Waals surface area contributed by atoms with Crippen molar-refractivity contribution in [3.8, 4) is 0 Å². The standard InChI is InChI=1S/C30H48O3/c1-18(2)19-10-15-30(25(32)33)17-16-28(6)20(24(19)30)8-9-22-27(5)13-12-23(31)26(3,4)21(27)11-14-29(22,28)7/h19-24,31H,1,8-17H2,2-7H3,(H,32,33)/t19-,20?,21?,22?,23-,24?,27?,28+,29+,30-/m0/s1. The van der Waals surface area contributed by atoms with E-state index in [2.05, 4.69) is 48.1 Å². The molecule has 5 fully saturated rings. The van der Waals surface area contributed by atoms with Crippen molar-refractivity contribution in [2.45, 2.75) is 112 Å². The van der Waals surface area contributed by atoms with E-state index in [1.54, 1.807) is 0 Å². The maximum Gasteiger partial charge on any atom is 0.309 e. The van der Waals surface area contributed by atoms with Crippen LogP contribution in [0, 0.1) is 56.7 Å². The fraction of sp³-hybridized carbons (Fsp3) is 0.900. The average molecular weight is 457 g/mol. The van der Waals surface area contributed by atoms with Crippen molar-refractivity contribution in [2.24, 2.45) is 56.7 Å². The molecular weight excluding hydrogens is 408 g/mol. The number of fused-ring (bicyclic) bond motifs is 7. The number of hydrogen-bond acceptors (Lipinski definition) is 2. The Morgan fingerprint density at radius 3 is 2.15 bits per heavy atom. The maximum atomic E-state index is 12.8. The molecule has 5 aliphatic rings. The minimum atomic E-state index is -0.538. The molecule has 3 nitrogen and oxygen atoms in total. The minimum absolute atomic E-state index is 0.0202. The van der Waals surface area contributed by atoms with Crippen molar-refractivity contribution in [3.63, 3.8) is 0 Å². The SMILES string of the molecule is C=C(C)[C@@H]1CC[C@]2(C(=O)O)CC[C@]3(C)C(CCC4C5(C)CC[C@H](O)C(C)(C)C5CC[C@]43C)C12. The van der Waals surface area contributed by atoms with E-state index in [-0.39, 0.29) is 33.7 Å². The highest BCUT2D eigenvalue weighted by Crippen LogP contribution is 2.77. The monoisotopic (exact) mass is 456 g/mol. The predicted molar refractivity (Wildman–Crippen MR) is 133 cm³/mol. The van der Waals surface area contributed by atoms with Gasteiger partial charge < -0.3 is 10.2 Å². The number of aliphatic hydroxyl groups excluding tert-OH is 1. The Hall–Kier alpha value is -0.830. The van der Waals surface area contributed by atoms with Crippen LogP contribution in [0.2, 0.25) is 0 Å². The van der Waals surface area contributed by atoms with Gasteiger partial charge in [0.1, 0.15) is 0 Å². The summed E-state index contributed by atoms with van der Waals surface area (Å²) in [5.74, 6) is 1.79. The van der Waals surface area contributed by atoms with Crippen LogP contribution in [0.5, 0.6) is 0 Å². The lowest BCUT2D eigenvalue weighted by molar-refractivity contribution is -0.248. The molecule has 0 aliphatic heterocycles. The highest BCUT2D eigenvalue weighted by atomic mass is 16.4. The van der Waals surface area contributed by atoms with Gasteiger partial charge in [0.2, 0.25) is 0 Å². The highest BCUT2D eigenvalue weighted by Gasteiger charge is 2.71. The number of carboxylic acids is 1. The molecule has 0 aromatic carbocycles. The molecular formula is C30H48O3. The third kappa shape index (κ3) is 2.75. The summed E-state index contributed by atoms with van der Waals surface area (Å²) in [7, 11) is 0. The lowest BCUT2D eigenvalue weighted by atomic mass is 9.32. The van der Waals surface area contributed by atoms with Crippen LogP contribution in [-0.4, -0.2) is 22.3 Å². The van der Waals surface area contributed by atoms with Crippen molar-refractivity contribution >= 4 is 5.97 Å². The van der Waals surface area contributed by atoms with Crippen LogP contribution >= 0.6 is 0 Å². The number of aliphatic hydroxyl groups is 1. The Bertz CT molecular complexity index is 861. The first-order valence-electron chi connectivity index (χ1n) is 13.8. The van der Waals surface area contributed by atoms with E-state index in [4.69, 9.17) is 0 Å². The quantitative estimate of drug-likeness (QED) is 0.436. The molecule has 0 saturated heterocycles. The summed E-state index contributed by atoms with van der Waals surface area (Å²) in [5, 5.41) is 21.4. The van der Waals surface area contributed by atoms with Gasteiger partial charge in [0.25, 0.3) is 0 Å². The van der Waals surface area contributed by atoms with E-state index in [1.807, 2.05) is 0 Å². The van der Waals surface area contributed by atoms with E-state index in [0.717, 1.165) is 38.5 Å². The molecule has 0 radical (unpaired) electrons. The Morgan fingerprint density at radius 2 is 1.52 bits per heavy atom. The molecule has 186 valence electrons. The molecule has 0 spiro atoms. The van der Waals surface area contributed by atoms with Gasteiger partial charge in [-0.15, -0.1) is 0 Å². The summed E-state index contributed by atoms with van der Waals surface area (Å²) in [6.07, 6.45) is 10.5. The summed E-state index contributed by atoms with van der Waals surface area (Å²) in [5.41, 5.74) is 1.35. The molecule has 0 aromatic rings. The second-order valence-corrected chi connectivity index (χ2v) is 14.5. The number of allylic oxidation sites excluding steroid dienone is 1. The van der Waals surface area contributed by atoms with E-state index in [1.165, 1.54) is 31.3 Å².